The van der Waals surface area contributed by atoms with Gasteiger partial charge in [-0.15, -0.1) is 0 Å². The molecule has 84 valence electrons. The Hall–Kier alpha value is -0.870. The maximum atomic E-state index is 11.4. The van der Waals surface area contributed by atoms with Crippen LogP contribution in [0.3, 0.4) is 0 Å². The van der Waals surface area contributed by atoms with E-state index in [1.54, 1.807) is 31.2 Å². The number of hydrogen-bond donors (Lipinski definition) is 1. The Morgan fingerprint density at radius 1 is 1.27 bits per heavy atom. The number of benzene rings is 1. The van der Waals surface area contributed by atoms with E-state index in [4.69, 9.17) is 0 Å². The third-order valence-electron chi connectivity index (χ3n) is 2.45. The molecule has 1 N–H and O–H groups in total. The van der Waals surface area contributed by atoms with Gasteiger partial charge in [-0.25, -0.2) is 8.42 Å². The molecule has 0 amide bonds. The summed E-state index contributed by atoms with van der Waals surface area (Å²) >= 11 is 0. The van der Waals surface area contributed by atoms with E-state index in [9.17, 15) is 13.5 Å². The summed E-state index contributed by atoms with van der Waals surface area (Å²) < 4.78 is 22.8. The van der Waals surface area contributed by atoms with Crippen LogP contribution in [0.5, 0.6) is 0 Å². The van der Waals surface area contributed by atoms with Crippen molar-refractivity contribution in [3.8, 4) is 0 Å². The molecule has 0 aliphatic heterocycles. The Morgan fingerprint density at radius 2 is 1.80 bits per heavy atom. The highest BCUT2D eigenvalue weighted by molar-refractivity contribution is 7.91. The predicted molar refractivity (Wildman–Crippen MR) is 60.3 cm³/mol. The molecule has 0 heterocycles. The molecule has 1 aromatic rings. The highest BCUT2D eigenvalue weighted by Gasteiger charge is 2.27. The molecule has 2 unspecified atom stereocenters. The van der Waals surface area contributed by atoms with Crippen LogP contribution in [-0.4, -0.2) is 25.0 Å². The van der Waals surface area contributed by atoms with E-state index in [0.29, 0.717) is 12.0 Å². The van der Waals surface area contributed by atoms with Crippen molar-refractivity contribution in [2.24, 2.45) is 0 Å². The van der Waals surface area contributed by atoms with Crippen LogP contribution in [0, 0.1) is 0 Å². The topological polar surface area (TPSA) is 54.4 Å². The van der Waals surface area contributed by atoms with Crippen LogP contribution in [0.1, 0.15) is 25.0 Å². The van der Waals surface area contributed by atoms with E-state index in [0.717, 1.165) is 6.26 Å². The van der Waals surface area contributed by atoms with Gasteiger partial charge in [0.25, 0.3) is 0 Å². The first-order valence-corrected chi connectivity index (χ1v) is 6.84. The first-order chi connectivity index (χ1) is 6.96. The molecule has 1 rings (SSSR count). The van der Waals surface area contributed by atoms with Gasteiger partial charge in [-0.05, 0) is 12.0 Å². The van der Waals surface area contributed by atoms with Crippen LogP contribution in [0.15, 0.2) is 30.3 Å². The zero-order valence-electron chi connectivity index (χ0n) is 8.92. The van der Waals surface area contributed by atoms with Crippen molar-refractivity contribution in [1.82, 2.24) is 0 Å². The quantitative estimate of drug-likeness (QED) is 0.850. The van der Waals surface area contributed by atoms with E-state index in [-0.39, 0.29) is 0 Å². The van der Waals surface area contributed by atoms with Crippen molar-refractivity contribution >= 4 is 9.84 Å². The van der Waals surface area contributed by atoms with Gasteiger partial charge in [0.2, 0.25) is 0 Å². The van der Waals surface area contributed by atoms with E-state index < -0.39 is 21.2 Å². The highest BCUT2D eigenvalue weighted by atomic mass is 32.2. The molecule has 2 atom stereocenters. The van der Waals surface area contributed by atoms with Crippen LogP contribution in [-0.2, 0) is 9.84 Å². The van der Waals surface area contributed by atoms with Crippen molar-refractivity contribution in [3.05, 3.63) is 35.9 Å². The third-order valence-corrected chi connectivity index (χ3v) is 4.14. The van der Waals surface area contributed by atoms with E-state index in [1.165, 1.54) is 0 Å². The summed E-state index contributed by atoms with van der Waals surface area (Å²) in [5.74, 6) is 0. The van der Waals surface area contributed by atoms with Gasteiger partial charge in [-0.3, -0.25) is 0 Å². The monoisotopic (exact) mass is 228 g/mol. The molecule has 0 bridgehead atoms. The second-order valence-corrected chi connectivity index (χ2v) is 5.90. The summed E-state index contributed by atoms with van der Waals surface area (Å²) in [4.78, 5) is 0. The summed E-state index contributed by atoms with van der Waals surface area (Å²) in [6.07, 6.45) is 0.633. The lowest BCUT2D eigenvalue weighted by Crippen LogP contribution is -2.26. The number of aliphatic hydroxyl groups is 1. The van der Waals surface area contributed by atoms with Gasteiger partial charge in [0.1, 0.15) is 0 Å². The van der Waals surface area contributed by atoms with Crippen molar-refractivity contribution in [2.45, 2.75) is 24.7 Å². The summed E-state index contributed by atoms with van der Waals surface area (Å²) in [6, 6.07) is 8.87. The fourth-order valence-corrected chi connectivity index (χ4v) is 2.86. The molecule has 0 spiro atoms. The van der Waals surface area contributed by atoms with Gasteiger partial charge in [0.05, 0.1) is 11.4 Å². The Bertz CT molecular complexity index is 397. The van der Waals surface area contributed by atoms with Gasteiger partial charge in [-0.1, -0.05) is 37.3 Å². The van der Waals surface area contributed by atoms with Gasteiger partial charge in [0, 0.05) is 6.26 Å². The lowest BCUT2D eigenvalue weighted by atomic mass is 10.1. The minimum atomic E-state index is -3.21. The number of sulfone groups is 1. The van der Waals surface area contributed by atoms with Gasteiger partial charge in [-0.2, -0.15) is 0 Å². The highest BCUT2D eigenvalue weighted by Crippen LogP contribution is 2.23. The standard InChI is InChI=1S/C11H16O3S/c1-3-10(15(2,13)14)11(12)9-7-5-4-6-8-9/h4-8,10-12H,3H2,1-2H3. The third kappa shape index (κ3) is 3.04. The smallest absolute Gasteiger partial charge is 0.153 e. The maximum absolute atomic E-state index is 11.4. The number of aliphatic hydroxyl groups excluding tert-OH is 1. The second-order valence-electron chi connectivity index (χ2n) is 3.63. The van der Waals surface area contributed by atoms with Crippen molar-refractivity contribution < 1.29 is 13.5 Å². The van der Waals surface area contributed by atoms with Crippen molar-refractivity contribution in [2.75, 3.05) is 6.26 Å². The lowest BCUT2D eigenvalue weighted by molar-refractivity contribution is 0.169. The largest absolute Gasteiger partial charge is 0.387 e. The van der Waals surface area contributed by atoms with Gasteiger partial charge < -0.3 is 5.11 Å². The average Bonchev–Trinajstić information content (AvgIpc) is 2.18. The van der Waals surface area contributed by atoms with Gasteiger partial charge >= 0.3 is 0 Å². The Morgan fingerprint density at radius 3 is 2.20 bits per heavy atom. The first-order valence-electron chi connectivity index (χ1n) is 4.88. The molecule has 0 saturated heterocycles. The molecule has 0 aliphatic carbocycles. The average molecular weight is 228 g/mol. The van der Waals surface area contributed by atoms with Crippen molar-refractivity contribution in [1.29, 1.82) is 0 Å². The zero-order valence-corrected chi connectivity index (χ0v) is 9.74. The molecule has 4 heteroatoms. The summed E-state index contributed by atoms with van der Waals surface area (Å²) in [5.41, 5.74) is 0.648. The molecular weight excluding hydrogens is 212 g/mol. The van der Waals surface area contributed by atoms with Crippen LogP contribution in [0.25, 0.3) is 0 Å². The fraction of sp³-hybridized carbons (Fsp3) is 0.455. The minimum absolute atomic E-state index is 0.412. The molecule has 0 saturated carbocycles. The Kier molecular flexibility index (Phi) is 3.88. The van der Waals surface area contributed by atoms with Crippen molar-refractivity contribution in [3.63, 3.8) is 0 Å². The summed E-state index contributed by atoms with van der Waals surface area (Å²) in [5, 5.41) is 9.21. The minimum Gasteiger partial charge on any atom is -0.387 e. The predicted octanol–water partition coefficient (Wildman–Crippen LogP) is 1.54. The van der Waals surface area contributed by atoms with Crippen LogP contribution < -0.4 is 0 Å². The van der Waals surface area contributed by atoms with E-state index >= 15 is 0 Å². The molecule has 0 fully saturated rings. The molecule has 1 aromatic carbocycles. The van der Waals surface area contributed by atoms with Crippen LogP contribution >= 0.6 is 0 Å². The zero-order chi connectivity index (χ0) is 11.5. The molecular formula is C11H16O3S. The van der Waals surface area contributed by atoms with E-state index in [2.05, 4.69) is 0 Å². The lowest BCUT2D eigenvalue weighted by Gasteiger charge is -2.20. The van der Waals surface area contributed by atoms with Gasteiger partial charge in [0.15, 0.2) is 9.84 Å². The Labute approximate surface area is 90.7 Å². The molecule has 3 nitrogen and oxygen atoms in total. The second kappa shape index (κ2) is 4.77. The molecule has 0 aromatic heterocycles. The molecule has 0 aliphatic rings. The SMILES string of the molecule is CCC(C(O)c1ccccc1)S(C)(=O)=O. The summed E-state index contributed by atoms with van der Waals surface area (Å²) in [6.45, 7) is 1.76. The fourth-order valence-electron chi connectivity index (χ4n) is 1.63. The molecule has 15 heavy (non-hydrogen) atoms. The number of hydrogen-bond acceptors (Lipinski definition) is 3. The Balaban J connectivity index is 2.98. The normalized spacial score (nSPS) is 15.9. The molecule has 0 radical (unpaired) electrons. The van der Waals surface area contributed by atoms with Crippen LogP contribution in [0.4, 0.5) is 0 Å². The maximum Gasteiger partial charge on any atom is 0.153 e. The van der Waals surface area contributed by atoms with E-state index in [1.807, 2.05) is 6.07 Å². The summed E-state index contributed by atoms with van der Waals surface area (Å²) in [7, 11) is -3.21. The first kappa shape index (κ1) is 12.2. The number of rotatable bonds is 4. The van der Waals surface area contributed by atoms with Crippen LogP contribution in [0.2, 0.25) is 0 Å².